The molecular formula is C16H25NO3. The van der Waals surface area contributed by atoms with Crippen molar-refractivity contribution in [3.63, 3.8) is 0 Å². The summed E-state index contributed by atoms with van der Waals surface area (Å²) >= 11 is 0. The SMILES string of the molecule is CCCNC(CCOc1ccccc1C)C(=O)OCC. The first kappa shape index (κ1) is 16.5. The largest absolute Gasteiger partial charge is 0.493 e. The van der Waals surface area contributed by atoms with Gasteiger partial charge in [0.25, 0.3) is 0 Å². The minimum absolute atomic E-state index is 0.200. The molecule has 1 unspecified atom stereocenters. The van der Waals surface area contributed by atoms with E-state index < -0.39 is 0 Å². The molecule has 1 N–H and O–H groups in total. The monoisotopic (exact) mass is 279 g/mol. The van der Waals surface area contributed by atoms with Gasteiger partial charge in [0, 0.05) is 6.42 Å². The topological polar surface area (TPSA) is 47.6 Å². The van der Waals surface area contributed by atoms with Crippen LogP contribution in [-0.2, 0) is 9.53 Å². The lowest BCUT2D eigenvalue weighted by Crippen LogP contribution is -2.39. The summed E-state index contributed by atoms with van der Waals surface area (Å²) in [6.45, 7) is 7.59. The zero-order valence-corrected chi connectivity index (χ0v) is 12.6. The number of benzene rings is 1. The Hall–Kier alpha value is -1.55. The van der Waals surface area contributed by atoms with Gasteiger partial charge >= 0.3 is 5.97 Å². The molecule has 0 radical (unpaired) electrons. The van der Waals surface area contributed by atoms with Gasteiger partial charge in [-0.2, -0.15) is 0 Å². The lowest BCUT2D eigenvalue weighted by Gasteiger charge is -2.17. The average molecular weight is 279 g/mol. The molecule has 0 amide bonds. The van der Waals surface area contributed by atoms with Crippen LogP contribution in [0.1, 0.15) is 32.3 Å². The van der Waals surface area contributed by atoms with Crippen molar-refractivity contribution in [2.75, 3.05) is 19.8 Å². The summed E-state index contributed by atoms with van der Waals surface area (Å²) in [5.74, 6) is 0.667. The summed E-state index contributed by atoms with van der Waals surface area (Å²) in [4.78, 5) is 11.8. The molecule has 0 aliphatic heterocycles. The van der Waals surface area contributed by atoms with Gasteiger partial charge in [-0.25, -0.2) is 0 Å². The molecule has 1 aromatic carbocycles. The predicted molar refractivity (Wildman–Crippen MR) is 80.0 cm³/mol. The van der Waals surface area contributed by atoms with Crippen molar-refractivity contribution < 1.29 is 14.3 Å². The van der Waals surface area contributed by atoms with Crippen LogP contribution < -0.4 is 10.1 Å². The second-order valence-electron chi connectivity index (χ2n) is 4.66. The quantitative estimate of drug-likeness (QED) is 0.706. The Morgan fingerprint density at radius 3 is 2.70 bits per heavy atom. The smallest absolute Gasteiger partial charge is 0.323 e. The van der Waals surface area contributed by atoms with E-state index in [9.17, 15) is 4.79 Å². The highest BCUT2D eigenvalue weighted by atomic mass is 16.5. The molecule has 0 saturated heterocycles. The van der Waals surface area contributed by atoms with Crippen LogP contribution >= 0.6 is 0 Å². The van der Waals surface area contributed by atoms with Crippen LogP contribution in [-0.4, -0.2) is 31.8 Å². The Kier molecular flexibility index (Phi) is 7.73. The van der Waals surface area contributed by atoms with Gasteiger partial charge in [0.1, 0.15) is 11.8 Å². The van der Waals surface area contributed by atoms with Crippen LogP contribution in [0.2, 0.25) is 0 Å². The zero-order valence-electron chi connectivity index (χ0n) is 12.6. The highest BCUT2D eigenvalue weighted by Crippen LogP contribution is 2.16. The van der Waals surface area contributed by atoms with Crippen molar-refractivity contribution in [3.8, 4) is 5.75 Å². The summed E-state index contributed by atoms with van der Waals surface area (Å²) in [6, 6.07) is 7.58. The normalized spacial score (nSPS) is 11.9. The number of para-hydroxylation sites is 1. The molecule has 0 spiro atoms. The third-order valence-corrected chi connectivity index (χ3v) is 2.97. The van der Waals surface area contributed by atoms with Crippen molar-refractivity contribution in [3.05, 3.63) is 29.8 Å². The van der Waals surface area contributed by atoms with Gasteiger partial charge in [0.05, 0.1) is 13.2 Å². The number of aryl methyl sites for hydroxylation is 1. The van der Waals surface area contributed by atoms with Crippen LogP contribution in [0.15, 0.2) is 24.3 Å². The maximum atomic E-state index is 11.8. The molecule has 0 aliphatic carbocycles. The number of carbonyl (C=O) groups is 1. The number of esters is 1. The van der Waals surface area contributed by atoms with E-state index in [1.165, 1.54) is 0 Å². The summed E-state index contributed by atoms with van der Waals surface area (Å²) in [7, 11) is 0. The van der Waals surface area contributed by atoms with Crippen molar-refractivity contribution in [1.82, 2.24) is 5.32 Å². The van der Waals surface area contributed by atoms with Crippen LogP contribution in [0, 0.1) is 6.92 Å². The highest BCUT2D eigenvalue weighted by Gasteiger charge is 2.18. The van der Waals surface area contributed by atoms with Crippen molar-refractivity contribution in [2.24, 2.45) is 0 Å². The molecule has 0 saturated carbocycles. The minimum Gasteiger partial charge on any atom is -0.493 e. The molecule has 112 valence electrons. The molecule has 0 aliphatic rings. The second-order valence-corrected chi connectivity index (χ2v) is 4.66. The zero-order chi connectivity index (χ0) is 14.8. The second kappa shape index (κ2) is 9.37. The van der Waals surface area contributed by atoms with E-state index in [1.807, 2.05) is 38.1 Å². The first-order chi connectivity index (χ1) is 9.69. The van der Waals surface area contributed by atoms with Gasteiger partial charge in [0.15, 0.2) is 0 Å². The van der Waals surface area contributed by atoms with Crippen LogP contribution in [0.3, 0.4) is 0 Å². The number of hydrogen-bond acceptors (Lipinski definition) is 4. The number of ether oxygens (including phenoxy) is 2. The fraction of sp³-hybridized carbons (Fsp3) is 0.562. The Morgan fingerprint density at radius 1 is 1.30 bits per heavy atom. The summed E-state index contributed by atoms with van der Waals surface area (Å²) in [5, 5.41) is 3.20. The van der Waals surface area contributed by atoms with Crippen LogP contribution in [0.4, 0.5) is 0 Å². The Morgan fingerprint density at radius 2 is 2.05 bits per heavy atom. The molecular weight excluding hydrogens is 254 g/mol. The van der Waals surface area contributed by atoms with Gasteiger partial charge < -0.3 is 14.8 Å². The first-order valence-corrected chi connectivity index (χ1v) is 7.27. The Balaban J connectivity index is 2.45. The predicted octanol–water partition coefficient (Wildman–Crippen LogP) is 2.70. The number of rotatable bonds is 9. The minimum atomic E-state index is -0.293. The Bertz CT molecular complexity index is 406. The van der Waals surface area contributed by atoms with Gasteiger partial charge in [-0.3, -0.25) is 4.79 Å². The van der Waals surface area contributed by atoms with Gasteiger partial charge in [0.2, 0.25) is 0 Å². The fourth-order valence-corrected chi connectivity index (χ4v) is 1.87. The molecule has 0 aromatic heterocycles. The molecule has 4 heteroatoms. The van der Waals surface area contributed by atoms with E-state index >= 15 is 0 Å². The lowest BCUT2D eigenvalue weighted by molar-refractivity contribution is -0.146. The molecule has 1 rings (SSSR count). The molecule has 20 heavy (non-hydrogen) atoms. The number of hydrogen-bond donors (Lipinski definition) is 1. The van der Waals surface area contributed by atoms with E-state index in [0.717, 1.165) is 24.3 Å². The average Bonchev–Trinajstić information content (AvgIpc) is 2.44. The van der Waals surface area contributed by atoms with Crippen molar-refractivity contribution in [1.29, 1.82) is 0 Å². The van der Waals surface area contributed by atoms with Crippen molar-refractivity contribution in [2.45, 2.75) is 39.7 Å². The summed E-state index contributed by atoms with van der Waals surface area (Å²) in [5.41, 5.74) is 1.10. The lowest BCUT2D eigenvalue weighted by atomic mass is 10.2. The highest BCUT2D eigenvalue weighted by molar-refractivity contribution is 5.75. The first-order valence-electron chi connectivity index (χ1n) is 7.27. The van der Waals surface area contributed by atoms with E-state index in [-0.39, 0.29) is 12.0 Å². The van der Waals surface area contributed by atoms with Gasteiger partial charge in [-0.1, -0.05) is 25.1 Å². The van der Waals surface area contributed by atoms with E-state index in [1.54, 1.807) is 0 Å². The van der Waals surface area contributed by atoms with E-state index in [4.69, 9.17) is 9.47 Å². The fourth-order valence-electron chi connectivity index (χ4n) is 1.87. The van der Waals surface area contributed by atoms with Gasteiger partial charge in [-0.05, 0) is 38.4 Å². The summed E-state index contributed by atoms with van der Waals surface area (Å²) < 4.78 is 10.8. The maximum Gasteiger partial charge on any atom is 0.323 e. The standard InChI is InChI=1S/C16H25NO3/c1-4-11-17-14(16(18)19-5-2)10-12-20-15-9-7-6-8-13(15)3/h6-9,14,17H,4-5,10-12H2,1-3H3. The summed E-state index contributed by atoms with van der Waals surface area (Å²) in [6.07, 6.45) is 1.59. The van der Waals surface area contributed by atoms with Gasteiger partial charge in [-0.15, -0.1) is 0 Å². The Labute approximate surface area is 121 Å². The molecule has 1 aromatic rings. The maximum absolute atomic E-state index is 11.8. The molecule has 1 atom stereocenters. The van der Waals surface area contributed by atoms with E-state index in [0.29, 0.717) is 19.6 Å². The third-order valence-electron chi connectivity index (χ3n) is 2.97. The molecule has 0 heterocycles. The van der Waals surface area contributed by atoms with Crippen LogP contribution in [0.5, 0.6) is 5.75 Å². The number of nitrogens with one attached hydrogen (secondary N) is 1. The molecule has 0 fully saturated rings. The number of carbonyl (C=O) groups excluding carboxylic acids is 1. The molecule has 0 bridgehead atoms. The van der Waals surface area contributed by atoms with Crippen LogP contribution in [0.25, 0.3) is 0 Å². The third kappa shape index (κ3) is 5.61. The van der Waals surface area contributed by atoms with E-state index in [2.05, 4.69) is 12.2 Å². The van der Waals surface area contributed by atoms with Crippen molar-refractivity contribution >= 4 is 5.97 Å². The molecule has 4 nitrogen and oxygen atoms in total.